The van der Waals surface area contributed by atoms with Crippen molar-refractivity contribution in [2.75, 3.05) is 13.2 Å². The van der Waals surface area contributed by atoms with Gasteiger partial charge in [0.1, 0.15) is 18.8 Å². The number of carbonyl (C=O) groups excluding carboxylic acids is 4. The third-order valence-corrected chi connectivity index (χ3v) is 4.05. The van der Waals surface area contributed by atoms with Gasteiger partial charge in [-0.2, -0.15) is 0 Å². The third-order valence-electron chi connectivity index (χ3n) is 4.05. The van der Waals surface area contributed by atoms with Gasteiger partial charge < -0.3 is 29.0 Å². The van der Waals surface area contributed by atoms with Crippen molar-refractivity contribution in [3.63, 3.8) is 0 Å². The lowest BCUT2D eigenvalue weighted by Crippen LogP contribution is -2.66. The zero-order valence-electron chi connectivity index (χ0n) is 17.8. The van der Waals surface area contributed by atoms with Crippen molar-refractivity contribution in [1.82, 2.24) is 5.32 Å². The van der Waals surface area contributed by atoms with Gasteiger partial charge in [-0.15, -0.1) is 0 Å². The highest BCUT2D eigenvalue weighted by molar-refractivity contribution is 5.73. The summed E-state index contributed by atoms with van der Waals surface area (Å²) in [6.45, 7) is 9.03. The molecule has 1 fully saturated rings. The molecule has 5 atom stereocenters. The summed E-state index contributed by atoms with van der Waals surface area (Å²) in [6.07, 6.45) is -3.45. The highest BCUT2D eigenvalue weighted by Gasteiger charge is 2.51. The summed E-state index contributed by atoms with van der Waals surface area (Å²) in [6, 6.07) is -0.929. The van der Waals surface area contributed by atoms with E-state index in [2.05, 4.69) is 5.32 Å². The maximum Gasteiger partial charge on any atom is 0.303 e. The largest absolute Gasteiger partial charge is 0.463 e. The van der Waals surface area contributed by atoms with E-state index in [-0.39, 0.29) is 6.61 Å². The maximum atomic E-state index is 11.8. The van der Waals surface area contributed by atoms with E-state index in [0.717, 1.165) is 6.42 Å². The Balaban J connectivity index is 3.21. The van der Waals surface area contributed by atoms with Crippen molar-refractivity contribution in [3.05, 3.63) is 0 Å². The number of amides is 1. The molecule has 1 amide bonds. The van der Waals surface area contributed by atoms with Crippen molar-refractivity contribution in [3.8, 4) is 0 Å². The molecule has 1 aliphatic heterocycles. The van der Waals surface area contributed by atoms with Crippen molar-refractivity contribution >= 4 is 23.8 Å². The number of rotatable bonds is 9. The van der Waals surface area contributed by atoms with E-state index in [9.17, 15) is 19.2 Å². The quantitative estimate of drug-likeness (QED) is 0.426. The van der Waals surface area contributed by atoms with Crippen LogP contribution in [-0.2, 0) is 42.9 Å². The van der Waals surface area contributed by atoms with E-state index in [1.54, 1.807) is 0 Å². The number of ether oxygens (including phenoxy) is 5. The van der Waals surface area contributed by atoms with Crippen molar-refractivity contribution < 1.29 is 42.9 Å². The molecule has 0 aromatic carbocycles. The fourth-order valence-corrected chi connectivity index (χ4v) is 2.85. The molecule has 1 saturated heterocycles. The normalized spacial score (nSPS) is 26.5. The summed E-state index contributed by atoms with van der Waals surface area (Å²) in [5, 5.41) is 2.65. The number of hydrogen-bond acceptors (Lipinski definition) is 9. The van der Waals surface area contributed by atoms with Crippen LogP contribution in [0.5, 0.6) is 0 Å². The Morgan fingerprint density at radius 3 is 2.00 bits per heavy atom. The Kier molecular flexibility index (Phi) is 10.0. The van der Waals surface area contributed by atoms with Crippen LogP contribution in [0.4, 0.5) is 0 Å². The Labute approximate surface area is 170 Å². The zero-order chi connectivity index (χ0) is 22.1. The second kappa shape index (κ2) is 11.7. The molecule has 0 saturated carbocycles. The van der Waals surface area contributed by atoms with Gasteiger partial charge >= 0.3 is 17.9 Å². The second-order valence-corrected chi connectivity index (χ2v) is 7.27. The van der Waals surface area contributed by atoms with Gasteiger partial charge in [-0.25, -0.2) is 0 Å². The lowest BCUT2D eigenvalue weighted by molar-refractivity contribution is -0.278. The van der Waals surface area contributed by atoms with E-state index >= 15 is 0 Å². The Bertz CT molecular complexity index is 592. The molecular weight excluding hydrogens is 386 g/mol. The molecule has 0 radical (unpaired) electrons. The van der Waals surface area contributed by atoms with Crippen LogP contribution >= 0.6 is 0 Å². The first kappa shape index (κ1) is 24.8. The molecule has 10 nitrogen and oxygen atoms in total. The third kappa shape index (κ3) is 8.78. The molecule has 166 valence electrons. The van der Waals surface area contributed by atoms with Crippen molar-refractivity contribution in [2.24, 2.45) is 5.92 Å². The molecular formula is C19H31NO9. The van der Waals surface area contributed by atoms with Crippen LogP contribution in [-0.4, -0.2) is 67.7 Å². The lowest BCUT2D eigenvalue weighted by atomic mass is 9.96. The second-order valence-electron chi connectivity index (χ2n) is 7.27. The molecule has 0 aromatic rings. The van der Waals surface area contributed by atoms with E-state index in [1.807, 2.05) is 13.8 Å². The van der Waals surface area contributed by atoms with Gasteiger partial charge in [-0.05, 0) is 12.3 Å². The first-order valence-electron chi connectivity index (χ1n) is 9.53. The van der Waals surface area contributed by atoms with Crippen LogP contribution < -0.4 is 5.32 Å². The van der Waals surface area contributed by atoms with Gasteiger partial charge in [0, 0.05) is 27.7 Å². The van der Waals surface area contributed by atoms with Crippen LogP contribution in [0.2, 0.25) is 0 Å². The molecule has 0 unspecified atom stereocenters. The number of carbonyl (C=O) groups is 4. The Hall–Kier alpha value is -2.20. The fourth-order valence-electron chi connectivity index (χ4n) is 2.85. The monoisotopic (exact) mass is 417 g/mol. The number of hydrogen-bond donors (Lipinski definition) is 1. The van der Waals surface area contributed by atoms with Gasteiger partial charge in [0.05, 0.1) is 6.61 Å². The van der Waals surface area contributed by atoms with Gasteiger partial charge in [0.15, 0.2) is 18.5 Å². The van der Waals surface area contributed by atoms with Gasteiger partial charge in [0.2, 0.25) is 5.91 Å². The highest BCUT2D eigenvalue weighted by atomic mass is 16.7. The topological polar surface area (TPSA) is 126 Å². The summed E-state index contributed by atoms with van der Waals surface area (Å²) in [5.74, 6) is -1.89. The first-order valence-corrected chi connectivity index (χ1v) is 9.53. The minimum absolute atomic E-state index is 0.248. The highest BCUT2D eigenvalue weighted by Crippen LogP contribution is 2.28. The van der Waals surface area contributed by atoms with E-state index < -0.39 is 54.5 Å². The first-order chi connectivity index (χ1) is 13.5. The summed E-state index contributed by atoms with van der Waals surface area (Å²) < 4.78 is 27.4. The van der Waals surface area contributed by atoms with Crippen LogP contribution in [0.15, 0.2) is 0 Å². The zero-order valence-corrected chi connectivity index (χ0v) is 17.8. The van der Waals surface area contributed by atoms with Crippen LogP contribution in [0.3, 0.4) is 0 Å². The predicted molar refractivity (Wildman–Crippen MR) is 99.4 cm³/mol. The minimum Gasteiger partial charge on any atom is -0.463 e. The van der Waals surface area contributed by atoms with E-state index in [0.29, 0.717) is 12.5 Å². The summed E-state index contributed by atoms with van der Waals surface area (Å²) in [4.78, 5) is 46.4. The molecule has 1 heterocycles. The van der Waals surface area contributed by atoms with Crippen LogP contribution in [0, 0.1) is 5.92 Å². The summed E-state index contributed by atoms with van der Waals surface area (Å²) >= 11 is 0. The number of nitrogens with one attached hydrogen (secondary N) is 1. The predicted octanol–water partition coefficient (Wildman–Crippen LogP) is 0.705. The molecule has 0 aliphatic carbocycles. The average molecular weight is 417 g/mol. The molecule has 29 heavy (non-hydrogen) atoms. The van der Waals surface area contributed by atoms with E-state index in [1.165, 1.54) is 27.7 Å². The molecule has 1 N–H and O–H groups in total. The van der Waals surface area contributed by atoms with Crippen LogP contribution in [0.25, 0.3) is 0 Å². The lowest BCUT2D eigenvalue weighted by Gasteiger charge is -2.45. The van der Waals surface area contributed by atoms with Crippen molar-refractivity contribution in [2.45, 2.75) is 78.6 Å². The molecule has 10 heteroatoms. The SMILES string of the molecule is CC(=O)N[C@H]1[C@@H](OCCC(C)C)O[C@@H](COC(C)=O)[C@@H](OC(C)=O)[C@H]1OC(C)=O. The molecule has 0 aromatic heterocycles. The molecule has 1 rings (SSSR count). The average Bonchev–Trinajstić information content (AvgIpc) is 2.56. The molecule has 1 aliphatic rings. The minimum atomic E-state index is -1.11. The van der Waals surface area contributed by atoms with Crippen LogP contribution in [0.1, 0.15) is 48.0 Å². The smallest absolute Gasteiger partial charge is 0.303 e. The Morgan fingerprint density at radius 2 is 1.52 bits per heavy atom. The maximum absolute atomic E-state index is 11.8. The van der Waals surface area contributed by atoms with Gasteiger partial charge in [-0.3, -0.25) is 19.2 Å². The van der Waals surface area contributed by atoms with Gasteiger partial charge in [0.25, 0.3) is 0 Å². The van der Waals surface area contributed by atoms with E-state index in [4.69, 9.17) is 23.7 Å². The standard InChI is InChI=1S/C19H31NO9/c1-10(2)7-8-25-19-16(20-11(3)21)18(28-14(6)24)17(27-13(5)23)15(29-19)9-26-12(4)22/h10,15-19H,7-9H2,1-6H3,(H,20,21)/t15-,16+,17+,18-,19-/m0/s1. The number of esters is 3. The Morgan fingerprint density at radius 1 is 0.931 bits per heavy atom. The summed E-state index contributed by atoms with van der Waals surface area (Å²) in [5.41, 5.74) is 0. The fraction of sp³-hybridized carbons (Fsp3) is 0.789. The molecule has 0 bridgehead atoms. The van der Waals surface area contributed by atoms with Crippen molar-refractivity contribution in [1.29, 1.82) is 0 Å². The molecule has 0 spiro atoms. The summed E-state index contributed by atoms with van der Waals surface area (Å²) in [7, 11) is 0. The van der Waals surface area contributed by atoms with Gasteiger partial charge in [-0.1, -0.05) is 13.8 Å².